The Morgan fingerprint density at radius 1 is 1.55 bits per heavy atom. The Bertz CT molecular complexity index is 572. The van der Waals surface area contributed by atoms with Crippen molar-refractivity contribution in [2.45, 2.75) is 12.3 Å². The number of oxime groups is 1. The monoisotopic (exact) mass is 277 g/mol. The third kappa shape index (κ3) is 1.60. The molecule has 3 heterocycles. The van der Waals surface area contributed by atoms with Crippen LogP contribution in [0.3, 0.4) is 0 Å². The number of nitrogens with zero attached hydrogens (tertiary/aromatic N) is 3. The molecule has 0 saturated carbocycles. The van der Waals surface area contributed by atoms with Crippen molar-refractivity contribution in [2.24, 2.45) is 11.1 Å². The summed E-state index contributed by atoms with van der Waals surface area (Å²) in [6, 6.07) is 1.87. The third-order valence-electron chi connectivity index (χ3n) is 3.56. The maximum Gasteiger partial charge on any atom is 0.422 e. The normalized spacial score (nSPS) is 30.6. The van der Waals surface area contributed by atoms with Crippen molar-refractivity contribution in [1.82, 2.24) is 4.90 Å². The van der Waals surface area contributed by atoms with Gasteiger partial charge >= 0.3 is 17.8 Å². The second kappa shape index (κ2) is 4.31. The first-order valence-corrected chi connectivity index (χ1v) is 6.06. The highest BCUT2D eigenvalue weighted by molar-refractivity contribution is 6.31. The summed E-state index contributed by atoms with van der Waals surface area (Å²) in [5.74, 6) is -3.62. The highest BCUT2D eigenvalue weighted by Gasteiger charge is 2.60. The van der Waals surface area contributed by atoms with E-state index in [9.17, 15) is 14.9 Å². The Morgan fingerprint density at radius 2 is 2.25 bits per heavy atom. The molecule has 8 heteroatoms. The van der Waals surface area contributed by atoms with Crippen molar-refractivity contribution in [3.8, 4) is 6.07 Å². The van der Waals surface area contributed by atoms with Crippen LogP contribution < -0.4 is 0 Å². The molecular weight excluding hydrogens is 266 g/mol. The van der Waals surface area contributed by atoms with Gasteiger partial charge in [-0.2, -0.15) is 5.26 Å². The molecule has 0 amide bonds. The summed E-state index contributed by atoms with van der Waals surface area (Å²) in [5, 5.41) is 12.8. The molecule has 0 aromatic carbocycles. The number of esters is 2. The molecule has 0 aromatic rings. The molecule has 2 bridgehead atoms. The van der Waals surface area contributed by atoms with Crippen LogP contribution in [0.5, 0.6) is 0 Å². The molecule has 3 aliphatic heterocycles. The zero-order valence-electron chi connectivity index (χ0n) is 10.7. The molecule has 3 aliphatic rings. The van der Waals surface area contributed by atoms with Crippen LogP contribution in [0.1, 0.15) is 6.42 Å². The first-order chi connectivity index (χ1) is 9.60. The molecule has 20 heavy (non-hydrogen) atoms. The van der Waals surface area contributed by atoms with Gasteiger partial charge in [-0.05, 0) is 12.3 Å². The lowest BCUT2D eigenvalue weighted by Gasteiger charge is -2.37. The fourth-order valence-electron chi connectivity index (χ4n) is 2.75. The predicted molar refractivity (Wildman–Crippen MR) is 62.7 cm³/mol. The van der Waals surface area contributed by atoms with E-state index in [0.717, 1.165) is 6.42 Å². The van der Waals surface area contributed by atoms with Crippen molar-refractivity contribution >= 4 is 17.7 Å². The summed E-state index contributed by atoms with van der Waals surface area (Å²) in [6.45, 7) is 1.19. The van der Waals surface area contributed by atoms with Crippen molar-refractivity contribution in [3.63, 3.8) is 0 Å². The van der Waals surface area contributed by atoms with Crippen molar-refractivity contribution < 1.29 is 23.9 Å². The summed E-state index contributed by atoms with van der Waals surface area (Å²) in [7, 11) is 1.30. The van der Waals surface area contributed by atoms with E-state index in [2.05, 4.69) is 9.99 Å². The molecule has 2 fully saturated rings. The lowest BCUT2D eigenvalue weighted by atomic mass is 9.96. The highest BCUT2D eigenvalue weighted by Crippen LogP contribution is 2.42. The quantitative estimate of drug-likeness (QED) is 0.291. The first-order valence-electron chi connectivity index (χ1n) is 6.06. The smallest absolute Gasteiger partial charge is 0.398 e. The van der Waals surface area contributed by atoms with E-state index in [1.165, 1.54) is 7.11 Å². The number of carbonyl (C=O) groups excluding carboxylic acids is 2. The van der Waals surface area contributed by atoms with Crippen molar-refractivity contribution in [2.75, 3.05) is 20.2 Å². The molecule has 104 valence electrons. The van der Waals surface area contributed by atoms with Gasteiger partial charge in [-0.1, -0.05) is 11.2 Å². The van der Waals surface area contributed by atoms with Crippen LogP contribution in [0, 0.1) is 17.2 Å². The van der Waals surface area contributed by atoms with Crippen LogP contribution in [0.15, 0.2) is 16.8 Å². The van der Waals surface area contributed by atoms with Gasteiger partial charge in [-0.3, -0.25) is 0 Å². The van der Waals surface area contributed by atoms with E-state index in [1.807, 2.05) is 6.07 Å². The van der Waals surface area contributed by atoms with Gasteiger partial charge in [0.05, 0.1) is 5.57 Å². The van der Waals surface area contributed by atoms with E-state index in [4.69, 9.17) is 9.47 Å². The molecule has 8 nitrogen and oxygen atoms in total. The fourth-order valence-corrected chi connectivity index (χ4v) is 2.75. The number of ether oxygens (including phenoxy) is 2. The lowest BCUT2D eigenvalue weighted by molar-refractivity contribution is -0.222. The van der Waals surface area contributed by atoms with Gasteiger partial charge in [0.2, 0.25) is 0 Å². The number of fused-ring (bicyclic) bond motifs is 3. The van der Waals surface area contributed by atoms with E-state index in [0.29, 0.717) is 13.1 Å². The fraction of sp³-hybridized carbons (Fsp3) is 0.500. The maximum atomic E-state index is 11.4. The SMILES string of the molecule is CO/N=C(\C#N)C1=CC2CCN(C2)C12OC(=O)C(=O)O2. The Morgan fingerprint density at radius 3 is 2.85 bits per heavy atom. The van der Waals surface area contributed by atoms with Crippen LogP contribution in [0.2, 0.25) is 0 Å². The molecule has 0 aliphatic carbocycles. The van der Waals surface area contributed by atoms with E-state index in [1.54, 1.807) is 11.0 Å². The van der Waals surface area contributed by atoms with Crippen LogP contribution in [0.4, 0.5) is 0 Å². The van der Waals surface area contributed by atoms with Crippen LogP contribution in [-0.4, -0.2) is 48.7 Å². The summed E-state index contributed by atoms with van der Waals surface area (Å²) in [6.07, 6.45) is 2.59. The minimum atomic E-state index is -1.67. The molecule has 3 rings (SSSR count). The Labute approximate surface area is 114 Å². The molecule has 1 spiro atoms. The highest BCUT2D eigenvalue weighted by atomic mass is 16.8. The van der Waals surface area contributed by atoms with Gasteiger partial charge < -0.3 is 14.3 Å². The maximum absolute atomic E-state index is 11.4. The van der Waals surface area contributed by atoms with E-state index >= 15 is 0 Å². The molecule has 2 saturated heterocycles. The number of nitriles is 1. The second-order valence-corrected chi connectivity index (χ2v) is 4.67. The van der Waals surface area contributed by atoms with Gasteiger partial charge in [0.1, 0.15) is 13.2 Å². The van der Waals surface area contributed by atoms with Crippen molar-refractivity contribution in [3.05, 3.63) is 11.6 Å². The first kappa shape index (κ1) is 12.6. The van der Waals surface area contributed by atoms with Crippen LogP contribution >= 0.6 is 0 Å². The van der Waals surface area contributed by atoms with E-state index < -0.39 is 17.8 Å². The van der Waals surface area contributed by atoms with Gasteiger partial charge in [0.15, 0.2) is 5.71 Å². The van der Waals surface area contributed by atoms with Gasteiger partial charge in [0.25, 0.3) is 0 Å². The van der Waals surface area contributed by atoms with Gasteiger partial charge in [-0.15, -0.1) is 0 Å². The standard InChI is InChI=1S/C12H11N3O5/c1-18-14-9(5-13)8-4-7-2-3-15(6-7)12(8)19-10(16)11(17)20-12/h4,7H,2-3,6H2,1H3/b14-9+. The summed E-state index contributed by atoms with van der Waals surface area (Å²) < 4.78 is 10.3. The summed E-state index contributed by atoms with van der Waals surface area (Å²) in [5.41, 5.74) is 0.168. The van der Waals surface area contributed by atoms with Crippen molar-refractivity contribution in [1.29, 1.82) is 5.26 Å². The minimum absolute atomic E-state index is 0.0772. The predicted octanol–water partition coefficient (Wildman–Crippen LogP) is -0.472. The molecule has 2 atom stereocenters. The molecule has 0 radical (unpaired) electrons. The third-order valence-corrected chi connectivity index (χ3v) is 3.56. The largest absolute Gasteiger partial charge is 0.422 e. The van der Waals surface area contributed by atoms with E-state index in [-0.39, 0.29) is 17.2 Å². The average molecular weight is 277 g/mol. The van der Waals surface area contributed by atoms with Gasteiger partial charge in [-0.25, -0.2) is 14.5 Å². The number of hydrogen-bond acceptors (Lipinski definition) is 8. The number of rotatable bonds is 2. The molecule has 0 N–H and O–H groups in total. The average Bonchev–Trinajstić information content (AvgIpc) is 2.97. The zero-order valence-corrected chi connectivity index (χ0v) is 10.7. The second-order valence-electron chi connectivity index (χ2n) is 4.67. The Kier molecular flexibility index (Phi) is 2.72. The zero-order chi connectivity index (χ0) is 14.3. The Hall–Kier alpha value is -2.40. The number of carbonyl (C=O) groups is 2. The topological polar surface area (TPSA) is 101 Å². The Balaban J connectivity index is 2.10. The van der Waals surface area contributed by atoms with Gasteiger partial charge in [0, 0.05) is 13.1 Å². The molecular formula is C12H11N3O5. The molecule has 2 unspecified atom stereocenters. The summed E-state index contributed by atoms with van der Waals surface area (Å²) >= 11 is 0. The van der Waals surface area contributed by atoms with Crippen LogP contribution in [-0.2, 0) is 23.9 Å². The molecule has 0 aromatic heterocycles. The number of hydrogen-bond donors (Lipinski definition) is 0. The van der Waals surface area contributed by atoms with Crippen LogP contribution in [0.25, 0.3) is 0 Å². The lowest BCUT2D eigenvalue weighted by Crippen LogP contribution is -2.54. The minimum Gasteiger partial charge on any atom is -0.398 e. The summed E-state index contributed by atoms with van der Waals surface area (Å²) in [4.78, 5) is 29.2.